The monoisotopic (exact) mass is 357 g/mol. The Morgan fingerprint density at radius 1 is 1.53 bits per heavy atom. The lowest BCUT2D eigenvalue weighted by Crippen LogP contribution is -2.28. The van der Waals surface area contributed by atoms with Crippen molar-refractivity contribution in [1.29, 1.82) is 5.26 Å². The predicted octanol–water partition coefficient (Wildman–Crippen LogP) is 2.66. The summed E-state index contributed by atoms with van der Waals surface area (Å²) in [7, 11) is 0. The maximum Gasteiger partial charge on any atom is 0.193 e. The molecule has 0 fully saturated rings. The molecule has 0 heterocycles. The first-order valence-electron chi connectivity index (χ1n) is 4.32. The van der Waals surface area contributed by atoms with Crippen LogP contribution in [0.3, 0.4) is 0 Å². The Morgan fingerprint density at radius 3 is 2.53 bits per heavy atom. The molecule has 0 spiro atoms. The van der Waals surface area contributed by atoms with E-state index in [0.29, 0.717) is 12.2 Å². The van der Waals surface area contributed by atoms with Gasteiger partial charge in [0.1, 0.15) is 4.84 Å². The highest BCUT2D eigenvalue weighted by molar-refractivity contribution is 8.03. The van der Waals surface area contributed by atoms with Crippen molar-refractivity contribution in [3.05, 3.63) is 0 Å². The van der Waals surface area contributed by atoms with Crippen molar-refractivity contribution in [2.45, 2.75) is 14.9 Å². The topological polar surface area (TPSA) is 67.2 Å². The summed E-state index contributed by atoms with van der Waals surface area (Å²) in [5.41, 5.74) is 0. The molecule has 0 aromatic carbocycles. The average Bonchev–Trinajstić information content (AvgIpc) is 2.22. The molecule has 4 nitrogen and oxygen atoms in total. The molecule has 100 valence electrons. The van der Waals surface area contributed by atoms with Crippen molar-refractivity contribution in [2.75, 3.05) is 18.8 Å². The molecule has 0 rings (SSSR count). The third-order valence-electron chi connectivity index (χ3n) is 1.56. The first-order valence-corrected chi connectivity index (χ1v) is 7.97. The van der Waals surface area contributed by atoms with Gasteiger partial charge in [-0.3, -0.25) is 4.21 Å². The first-order chi connectivity index (χ1) is 7.81. The van der Waals surface area contributed by atoms with Crippen molar-refractivity contribution in [2.24, 2.45) is 0 Å². The van der Waals surface area contributed by atoms with E-state index in [-0.39, 0.29) is 13.1 Å². The molecule has 0 amide bonds. The molecule has 0 aromatic rings. The number of hydrogen-bond donors (Lipinski definition) is 0. The van der Waals surface area contributed by atoms with Crippen molar-refractivity contribution in [1.82, 2.24) is 4.31 Å². The summed E-state index contributed by atoms with van der Waals surface area (Å²) in [5, 5.41) is 8.40. The summed E-state index contributed by atoms with van der Waals surface area (Å²) < 4.78 is 21.0. The smallest absolute Gasteiger partial charge is 0.193 e. The molecule has 0 aliphatic heterocycles. The summed E-state index contributed by atoms with van der Waals surface area (Å²) in [6.07, 6.45) is 0.488. The molecule has 0 radical (unpaired) electrons. The Balaban J connectivity index is 3.91. The van der Waals surface area contributed by atoms with E-state index in [1.54, 1.807) is 6.07 Å². The van der Waals surface area contributed by atoms with Crippen LogP contribution in [-0.2, 0) is 11.3 Å². The third kappa shape index (κ3) is 7.96. The summed E-state index contributed by atoms with van der Waals surface area (Å²) >= 11 is 21.4. The second kappa shape index (κ2) is 9.05. The first kappa shape index (κ1) is 18.1. The van der Waals surface area contributed by atoms with Gasteiger partial charge in [-0.2, -0.15) is 5.26 Å². The fraction of sp³-hybridized carbons (Fsp3) is 0.857. The van der Waals surface area contributed by atoms with E-state index in [2.05, 4.69) is 0 Å². The van der Waals surface area contributed by atoms with Gasteiger partial charge in [0.15, 0.2) is 3.67 Å². The number of thioether (sulfide) groups is 1. The highest BCUT2D eigenvalue weighted by atomic mass is 35.5. The van der Waals surface area contributed by atoms with Crippen molar-refractivity contribution >= 4 is 69.4 Å². The van der Waals surface area contributed by atoms with Crippen molar-refractivity contribution in [3.8, 4) is 6.07 Å². The second-order valence-electron chi connectivity index (χ2n) is 2.80. The molecule has 0 saturated carbocycles. The van der Waals surface area contributed by atoms with E-state index < -0.39 is 19.8 Å². The van der Waals surface area contributed by atoms with Crippen LogP contribution in [0.4, 0.5) is 0 Å². The lowest BCUT2D eigenvalue weighted by molar-refractivity contribution is 0.415. The van der Waals surface area contributed by atoms with E-state index in [4.69, 9.17) is 51.7 Å². The Kier molecular flexibility index (Phi) is 9.62. The highest BCUT2D eigenvalue weighted by Crippen LogP contribution is 2.42. The Labute approximate surface area is 127 Å². The molecule has 0 aliphatic rings. The molecule has 1 atom stereocenters. The van der Waals surface area contributed by atoms with Gasteiger partial charge in [-0.1, -0.05) is 23.2 Å². The van der Waals surface area contributed by atoms with Crippen LogP contribution in [0.15, 0.2) is 0 Å². The summed E-state index contributed by atoms with van der Waals surface area (Å²) in [4.78, 5) is -0.945. The van der Waals surface area contributed by atoms with E-state index in [1.807, 2.05) is 0 Å². The fourth-order valence-electron chi connectivity index (χ4n) is 0.797. The largest absolute Gasteiger partial charge is 0.760 e. The molecule has 0 N–H and O–H groups in total. The molecule has 1 unspecified atom stereocenters. The number of halogens is 4. The van der Waals surface area contributed by atoms with Crippen LogP contribution in [0.25, 0.3) is 0 Å². The van der Waals surface area contributed by atoms with Crippen LogP contribution >= 0.6 is 58.2 Å². The number of nitrogens with zero attached hydrogens (tertiary/aromatic N) is 2. The van der Waals surface area contributed by atoms with Crippen molar-refractivity contribution < 1.29 is 8.76 Å². The van der Waals surface area contributed by atoms with Crippen LogP contribution in [0.1, 0.15) is 6.42 Å². The van der Waals surface area contributed by atoms with E-state index in [1.165, 1.54) is 0 Å². The number of alkyl halides is 4. The zero-order valence-corrected chi connectivity index (χ0v) is 13.1. The third-order valence-corrected chi connectivity index (χ3v) is 5.86. The SMILES string of the molecule is N#CCN(CCCSC(Cl)(Cl)C(Cl)Cl)S(=O)[O-]. The minimum absolute atomic E-state index is 0.179. The van der Waals surface area contributed by atoms with Gasteiger partial charge in [0.05, 0.1) is 12.6 Å². The van der Waals surface area contributed by atoms with Gasteiger partial charge in [0, 0.05) is 17.8 Å². The Bertz CT molecular complexity index is 298. The quantitative estimate of drug-likeness (QED) is 0.289. The van der Waals surface area contributed by atoms with E-state index in [9.17, 15) is 8.76 Å². The van der Waals surface area contributed by atoms with Gasteiger partial charge < -0.3 is 4.55 Å². The molecular formula is C7H9Cl4N2O2S2-. The normalized spacial score (nSPS) is 14.0. The van der Waals surface area contributed by atoms with Crippen LogP contribution in [-0.4, -0.2) is 40.4 Å². The molecule has 0 aromatic heterocycles. The molecule has 0 saturated heterocycles. The van der Waals surface area contributed by atoms with E-state index >= 15 is 0 Å². The standard InChI is InChI=1S/C7H10Cl4N2O2S2/c8-6(9)7(10,11)16-5-1-3-13(4-2-12)17(14)15/h6H,1,3-5H2,(H,14,15)/p-1. The second-order valence-corrected chi connectivity index (χ2v) is 8.03. The minimum Gasteiger partial charge on any atom is -0.760 e. The Hall–Kier alpha value is 1.07. The fourth-order valence-corrected chi connectivity index (χ4v) is 2.75. The molecule has 0 bridgehead atoms. The highest BCUT2D eigenvalue weighted by Gasteiger charge is 2.32. The molecule has 10 heteroatoms. The summed E-state index contributed by atoms with van der Waals surface area (Å²) in [5.74, 6) is 0.474. The van der Waals surface area contributed by atoms with Gasteiger partial charge in [-0.05, 0) is 12.2 Å². The lowest BCUT2D eigenvalue weighted by Gasteiger charge is -2.23. The van der Waals surface area contributed by atoms with E-state index in [0.717, 1.165) is 16.1 Å². The van der Waals surface area contributed by atoms with Crippen LogP contribution in [0.2, 0.25) is 0 Å². The molecule has 0 aliphatic carbocycles. The number of hydrogen-bond acceptors (Lipinski definition) is 4. The van der Waals surface area contributed by atoms with Crippen LogP contribution in [0, 0.1) is 11.3 Å². The van der Waals surface area contributed by atoms with Gasteiger partial charge in [0.2, 0.25) is 0 Å². The van der Waals surface area contributed by atoms with Crippen molar-refractivity contribution in [3.63, 3.8) is 0 Å². The summed E-state index contributed by atoms with van der Waals surface area (Å²) in [6, 6.07) is 1.76. The Morgan fingerprint density at radius 2 is 2.12 bits per heavy atom. The van der Waals surface area contributed by atoms with Crippen LogP contribution < -0.4 is 0 Å². The predicted molar refractivity (Wildman–Crippen MR) is 73.1 cm³/mol. The zero-order valence-electron chi connectivity index (χ0n) is 8.45. The maximum atomic E-state index is 10.7. The minimum atomic E-state index is -2.40. The average molecular weight is 359 g/mol. The van der Waals surface area contributed by atoms with Gasteiger partial charge in [0.25, 0.3) is 0 Å². The van der Waals surface area contributed by atoms with Gasteiger partial charge >= 0.3 is 0 Å². The van der Waals surface area contributed by atoms with Crippen LogP contribution in [0.5, 0.6) is 0 Å². The maximum absolute atomic E-state index is 10.7. The molecular weight excluding hydrogens is 350 g/mol. The molecule has 17 heavy (non-hydrogen) atoms. The zero-order chi connectivity index (χ0) is 13.5. The summed E-state index contributed by atoms with van der Waals surface area (Å²) in [6.45, 7) is 0.0388. The lowest BCUT2D eigenvalue weighted by atomic mass is 10.5. The van der Waals surface area contributed by atoms with Gasteiger partial charge in [-0.25, -0.2) is 4.31 Å². The van der Waals surface area contributed by atoms with Gasteiger partial charge in [-0.15, -0.1) is 35.0 Å². The number of nitriles is 1. The number of rotatable bonds is 8.